The van der Waals surface area contributed by atoms with Gasteiger partial charge in [-0.15, -0.1) is 0 Å². The molecule has 126 valence electrons. The molecule has 1 aliphatic heterocycles. The Labute approximate surface area is 136 Å². The van der Waals surface area contributed by atoms with Crippen LogP contribution in [0.5, 0.6) is 5.75 Å². The Balaban J connectivity index is 1.95. The maximum Gasteiger partial charge on any atom is 0.308 e. The molecule has 0 aliphatic carbocycles. The molecule has 23 heavy (non-hydrogen) atoms. The number of likely N-dealkylation sites (tertiary alicyclic amines) is 1. The van der Waals surface area contributed by atoms with Gasteiger partial charge in [0.2, 0.25) is 5.91 Å². The van der Waals surface area contributed by atoms with Crippen molar-refractivity contribution in [2.45, 2.75) is 19.4 Å². The van der Waals surface area contributed by atoms with Crippen molar-refractivity contribution in [2.24, 2.45) is 5.92 Å². The quantitative estimate of drug-likeness (QED) is 0.734. The Bertz CT molecular complexity index is 559. The number of carbonyl (C=O) groups is 2. The molecule has 1 atom stereocenters. The van der Waals surface area contributed by atoms with Crippen molar-refractivity contribution in [3.05, 3.63) is 29.8 Å². The maximum absolute atomic E-state index is 12.0. The fraction of sp³-hybridized carbons (Fsp3) is 0.529. The molecule has 0 saturated carbocycles. The highest BCUT2D eigenvalue weighted by molar-refractivity contribution is 5.86. The van der Waals surface area contributed by atoms with Gasteiger partial charge in [0.15, 0.2) is 0 Å². The molecule has 0 spiro atoms. The molecule has 1 heterocycles. The van der Waals surface area contributed by atoms with Gasteiger partial charge in [0, 0.05) is 31.6 Å². The van der Waals surface area contributed by atoms with Crippen molar-refractivity contribution in [1.29, 1.82) is 0 Å². The van der Waals surface area contributed by atoms with Gasteiger partial charge in [0.1, 0.15) is 5.75 Å². The molecule has 1 amide bonds. The van der Waals surface area contributed by atoms with Crippen LogP contribution in [0.1, 0.15) is 18.4 Å². The van der Waals surface area contributed by atoms with Crippen molar-refractivity contribution in [3.8, 4) is 5.75 Å². The lowest BCUT2D eigenvalue weighted by Crippen LogP contribution is -2.26. The number of hydrogen-bond donors (Lipinski definition) is 1. The second-order valence-electron chi connectivity index (χ2n) is 6.13. The van der Waals surface area contributed by atoms with E-state index in [-0.39, 0.29) is 18.9 Å². The predicted molar refractivity (Wildman–Crippen MR) is 86.3 cm³/mol. The first-order valence-corrected chi connectivity index (χ1v) is 7.83. The number of carboxylic acid groups (broad SMARTS) is 1. The highest BCUT2D eigenvalue weighted by Gasteiger charge is 2.34. The van der Waals surface area contributed by atoms with E-state index in [1.165, 1.54) is 0 Å². The Kier molecular flexibility index (Phi) is 5.98. The van der Waals surface area contributed by atoms with Gasteiger partial charge in [-0.2, -0.15) is 0 Å². The Morgan fingerprint density at radius 1 is 1.39 bits per heavy atom. The molecule has 0 aromatic heterocycles. The minimum absolute atomic E-state index is 0.0845. The molecule has 1 aromatic rings. The number of nitrogens with zero attached hydrogens (tertiary/aromatic N) is 2. The molecule has 2 rings (SSSR count). The maximum atomic E-state index is 12.0. The molecule has 1 aliphatic rings. The van der Waals surface area contributed by atoms with E-state index in [9.17, 15) is 9.59 Å². The summed E-state index contributed by atoms with van der Waals surface area (Å²) in [5.74, 6) is -0.859. The van der Waals surface area contributed by atoms with Gasteiger partial charge in [0.05, 0.1) is 12.5 Å². The van der Waals surface area contributed by atoms with Gasteiger partial charge in [0.25, 0.3) is 0 Å². The molecule has 6 nitrogen and oxygen atoms in total. The van der Waals surface area contributed by atoms with Crippen molar-refractivity contribution < 1.29 is 19.4 Å². The van der Waals surface area contributed by atoms with E-state index < -0.39 is 11.9 Å². The molecule has 1 saturated heterocycles. The van der Waals surface area contributed by atoms with Gasteiger partial charge in [-0.05, 0) is 26.6 Å². The predicted octanol–water partition coefficient (Wildman–Crippen LogP) is 1.45. The first kappa shape index (κ1) is 17.3. The van der Waals surface area contributed by atoms with Crippen LogP contribution in [0.25, 0.3) is 0 Å². The normalized spacial score (nSPS) is 17.8. The fourth-order valence-electron chi connectivity index (χ4n) is 2.63. The summed E-state index contributed by atoms with van der Waals surface area (Å²) in [7, 11) is 4.04. The van der Waals surface area contributed by atoms with Crippen LogP contribution < -0.4 is 4.74 Å². The number of amides is 1. The molecule has 1 fully saturated rings. The third-order valence-electron chi connectivity index (χ3n) is 3.90. The summed E-state index contributed by atoms with van der Waals surface area (Å²) in [4.78, 5) is 26.7. The van der Waals surface area contributed by atoms with Crippen LogP contribution in [0.2, 0.25) is 0 Å². The number of para-hydroxylation sites is 1. The van der Waals surface area contributed by atoms with Gasteiger partial charge in [-0.25, -0.2) is 0 Å². The summed E-state index contributed by atoms with van der Waals surface area (Å²) in [6.07, 6.45) is 1.01. The first-order valence-electron chi connectivity index (χ1n) is 7.83. The fourth-order valence-corrected chi connectivity index (χ4v) is 2.63. The Morgan fingerprint density at radius 3 is 2.78 bits per heavy atom. The zero-order valence-electron chi connectivity index (χ0n) is 13.7. The SMILES string of the molecule is CN(C)CCCOc1ccccc1CN1CC(C(=O)O)CC1=O. The monoisotopic (exact) mass is 320 g/mol. The highest BCUT2D eigenvalue weighted by atomic mass is 16.5. The molecule has 0 radical (unpaired) electrons. The van der Waals surface area contributed by atoms with E-state index in [2.05, 4.69) is 4.90 Å². The summed E-state index contributed by atoms with van der Waals surface area (Å²) in [5.41, 5.74) is 0.914. The first-order chi connectivity index (χ1) is 11.0. The van der Waals surface area contributed by atoms with E-state index in [4.69, 9.17) is 9.84 Å². The summed E-state index contributed by atoms with van der Waals surface area (Å²) < 4.78 is 5.83. The van der Waals surface area contributed by atoms with E-state index in [1.807, 2.05) is 38.4 Å². The van der Waals surface area contributed by atoms with Crippen LogP contribution in [0.3, 0.4) is 0 Å². The van der Waals surface area contributed by atoms with Crippen molar-refractivity contribution in [1.82, 2.24) is 9.80 Å². The van der Waals surface area contributed by atoms with Gasteiger partial charge < -0.3 is 19.6 Å². The van der Waals surface area contributed by atoms with E-state index in [1.54, 1.807) is 4.90 Å². The zero-order valence-corrected chi connectivity index (χ0v) is 13.7. The lowest BCUT2D eigenvalue weighted by molar-refractivity contribution is -0.141. The van der Waals surface area contributed by atoms with E-state index in [0.717, 1.165) is 24.3 Å². The number of carboxylic acids is 1. The highest BCUT2D eigenvalue weighted by Crippen LogP contribution is 2.25. The second kappa shape index (κ2) is 7.97. The Hall–Kier alpha value is -2.08. The standard InChI is InChI=1S/C17H24N2O4/c1-18(2)8-5-9-23-15-7-4-3-6-13(15)11-19-12-14(17(21)22)10-16(19)20/h3-4,6-7,14H,5,8-12H2,1-2H3,(H,21,22). The van der Waals surface area contributed by atoms with Crippen LogP contribution in [0.15, 0.2) is 24.3 Å². The molecule has 1 aromatic carbocycles. The molecular weight excluding hydrogens is 296 g/mol. The summed E-state index contributed by atoms with van der Waals surface area (Å²) >= 11 is 0. The summed E-state index contributed by atoms with van der Waals surface area (Å²) in [6, 6.07) is 7.61. The molecular formula is C17H24N2O4. The van der Waals surface area contributed by atoms with Crippen molar-refractivity contribution in [3.63, 3.8) is 0 Å². The third-order valence-corrected chi connectivity index (χ3v) is 3.90. The largest absolute Gasteiger partial charge is 0.493 e. The van der Waals surface area contributed by atoms with E-state index in [0.29, 0.717) is 13.2 Å². The zero-order chi connectivity index (χ0) is 16.8. The van der Waals surface area contributed by atoms with Crippen molar-refractivity contribution >= 4 is 11.9 Å². The number of ether oxygens (including phenoxy) is 1. The Morgan fingerprint density at radius 2 is 2.13 bits per heavy atom. The average molecular weight is 320 g/mol. The smallest absolute Gasteiger partial charge is 0.308 e. The molecule has 6 heteroatoms. The van der Waals surface area contributed by atoms with Crippen LogP contribution in [0, 0.1) is 5.92 Å². The number of carbonyl (C=O) groups excluding carboxylic acids is 1. The van der Waals surface area contributed by atoms with Gasteiger partial charge in [-0.3, -0.25) is 9.59 Å². The molecule has 1 unspecified atom stereocenters. The minimum Gasteiger partial charge on any atom is -0.493 e. The van der Waals surface area contributed by atoms with Crippen LogP contribution in [-0.4, -0.2) is 60.6 Å². The van der Waals surface area contributed by atoms with Crippen LogP contribution in [0.4, 0.5) is 0 Å². The third kappa shape index (κ3) is 4.96. The number of hydrogen-bond acceptors (Lipinski definition) is 4. The van der Waals surface area contributed by atoms with Gasteiger partial charge >= 0.3 is 5.97 Å². The van der Waals surface area contributed by atoms with Crippen molar-refractivity contribution in [2.75, 3.05) is 33.8 Å². The molecule has 1 N–H and O–H groups in total. The summed E-state index contributed by atoms with van der Waals surface area (Å²) in [6.45, 7) is 2.23. The molecule has 0 bridgehead atoms. The number of rotatable bonds is 8. The second-order valence-corrected chi connectivity index (χ2v) is 6.13. The minimum atomic E-state index is -0.908. The van der Waals surface area contributed by atoms with Gasteiger partial charge in [-0.1, -0.05) is 18.2 Å². The topological polar surface area (TPSA) is 70.1 Å². The number of benzene rings is 1. The lowest BCUT2D eigenvalue weighted by atomic mass is 10.1. The number of aliphatic carboxylic acids is 1. The van der Waals surface area contributed by atoms with Crippen LogP contribution >= 0.6 is 0 Å². The van der Waals surface area contributed by atoms with E-state index >= 15 is 0 Å². The van der Waals surface area contributed by atoms with Crippen LogP contribution in [-0.2, 0) is 16.1 Å². The lowest BCUT2D eigenvalue weighted by Gasteiger charge is -2.19. The summed E-state index contributed by atoms with van der Waals surface area (Å²) in [5, 5.41) is 9.05. The average Bonchev–Trinajstić information content (AvgIpc) is 2.86.